The summed E-state index contributed by atoms with van der Waals surface area (Å²) in [6, 6.07) is -0.0529. The molecule has 0 radical (unpaired) electrons. The first-order valence-corrected chi connectivity index (χ1v) is 7.11. The molecule has 1 saturated carbocycles. The van der Waals surface area contributed by atoms with Crippen molar-refractivity contribution in [2.45, 2.75) is 43.9 Å². The van der Waals surface area contributed by atoms with Crippen molar-refractivity contribution < 1.29 is 14.3 Å². The van der Waals surface area contributed by atoms with E-state index in [2.05, 4.69) is 10.6 Å². The van der Waals surface area contributed by atoms with Gasteiger partial charge in [-0.1, -0.05) is 0 Å². The summed E-state index contributed by atoms with van der Waals surface area (Å²) in [7, 11) is 0. The van der Waals surface area contributed by atoms with Crippen molar-refractivity contribution in [2.24, 2.45) is 17.6 Å². The molecule has 0 spiro atoms. The summed E-state index contributed by atoms with van der Waals surface area (Å²) >= 11 is 0. The Morgan fingerprint density at radius 2 is 2.26 bits per heavy atom. The first-order chi connectivity index (χ1) is 9.16. The van der Waals surface area contributed by atoms with Crippen LogP contribution in [0.3, 0.4) is 0 Å². The Morgan fingerprint density at radius 3 is 3.00 bits per heavy atom. The molecule has 6 heteroatoms. The fourth-order valence-corrected chi connectivity index (χ4v) is 3.36. The third-order valence-corrected chi connectivity index (χ3v) is 4.62. The zero-order valence-electron chi connectivity index (χ0n) is 10.9. The normalized spacial score (nSPS) is 41.7. The van der Waals surface area contributed by atoms with Gasteiger partial charge in [0, 0.05) is 31.5 Å². The smallest absolute Gasteiger partial charge is 0.225 e. The number of piperidine rings is 1. The molecule has 3 fully saturated rings. The molecule has 0 aromatic carbocycles. The molecule has 3 aliphatic rings. The van der Waals surface area contributed by atoms with Crippen LogP contribution in [-0.2, 0) is 14.3 Å². The van der Waals surface area contributed by atoms with E-state index in [1.54, 1.807) is 0 Å². The highest BCUT2D eigenvalue weighted by Gasteiger charge is 2.51. The van der Waals surface area contributed by atoms with Crippen LogP contribution < -0.4 is 16.4 Å². The van der Waals surface area contributed by atoms with E-state index in [1.165, 1.54) is 0 Å². The van der Waals surface area contributed by atoms with Gasteiger partial charge in [-0.2, -0.15) is 0 Å². The summed E-state index contributed by atoms with van der Waals surface area (Å²) < 4.78 is 5.70. The number of fused-ring (bicyclic) bond motifs is 1. The Labute approximate surface area is 112 Å². The van der Waals surface area contributed by atoms with Crippen LogP contribution in [0.4, 0.5) is 0 Å². The van der Waals surface area contributed by atoms with Gasteiger partial charge in [-0.15, -0.1) is 0 Å². The molecular formula is C13H21N3O3. The van der Waals surface area contributed by atoms with E-state index in [1.807, 2.05) is 0 Å². The van der Waals surface area contributed by atoms with Crippen molar-refractivity contribution in [3.05, 3.63) is 0 Å². The minimum atomic E-state index is -0.132. The largest absolute Gasteiger partial charge is 0.376 e. The van der Waals surface area contributed by atoms with Crippen LogP contribution in [-0.4, -0.2) is 43.2 Å². The molecule has 106 valence electrons. The lowest BCUT2D eigenvalue weighted by Gasteiger charge is -2.52. The number of hydrogen-bond acceptors (Lipinski definition) is 4. The van der Waals surface area contributed by atoms with Gasteiger partial charge in [0.1, 0.15) is 0 Å². The quantitative estimate of drug-likeness (QED) is 0.606. The molecule has 0 aromatic heterocycles. The van der Waals surface area contributed by atoms with Crippen molar-refractivity contribution in [3.8, 4) is 0 Å². The Kier molecular flexibility index (Phi) is 3.45. The maximum Gasteiger partial charge on any atom is 0.225 e. The standard InChI is InChI=1S/C13H21N3O3/c14-10-8-2-1-5-19-12(8)11(10)16-13(18)7-3-4-9(17)15-6-7/h7-8,10-12H,1-6,14H2,(H,15,17)(H,16,18). The van der Waals surface area contributed by atoms with E-state index in [0.717, 1.165) is 19.4 Å². The van der Waals surface area contributed by atoms with Crippen LogP contribution in [0.5, 0.6) is 0 Å². The fraction of sp³-hybridized carbons (Fsp3) is 0.846. The number of nitrogens with one attached hydrogen (secondary N) is 2. The zero-order valence-corrected chi connectivity index (χ0v) is 10.9. The topological polar surface area (TPSA) is 93.4 Å². The highest BCUT2D eigenvalue weighted by Crippen LogP contribution is 2.37. The number of ether oxygens (including phenoxy) is 1. The number of amides is 2. The monoisotopic (exact) mass is 267 g/mol. The van der Waals surface area contributed by atoms with Crippen LogP contribution in [0.2, 0.25) is 0 Å². The van der Waals surface area contributed by atoms with E-state index in [-0.39, 0.29) is 35.9 Å². The fourth-order valence-electron chi connectivity index (χ4n) is 3.36. The summed E-state index contributed by atoms with van der Waals surface area (Å²) in [6.45, 7) is 1.20. The minimum absolute atomic E-state index is 0.00641. The lowest BCUT2D eigenvalue weighted by molar-refractivity contribution is -0.143. The molecule has 1 aliphatic carbocycles. The van der Waals surface area contributed by atoms with Crippen LogP contribution in [0.15, 0.2) is 0 Å². The van der Waals surface area contributed by atoms with E-state index in [0.29, 0.717) is 25.3 Å². The Balaban J connectivity index is 1.53. The van der Waals surface area contributed by atoms with Crippen molar-refractivity contribution >= 4 is 11.8 Å². The molecule has 5 unspecified atom stereocenters. The van der Waals surface area contributed by atoms with Gasteiger partial charge in [-0.05, 0) is 19.3 Å². The highest BCUT2D eigenvalue weighted by atomic mass is 16.5. The zero-order chi connectivity index (χ0) is 13.4. The van der Waals surface area contributed by atoms with E-state index >= 15 is 0 Å². The van der Waals surface area contributed by atoms with Crippen molar-refractivity contribution in [1.82, 2.24) is 10.6 Å². The second kappa shape index (κ2) is 5.09. The van der Waals surface area contributed by atoms with Gasteiger partial charge in [0.15, 0.2) is 0 Å². The molecule has 0 aromatic rings. The second-order valence-electron chi connectivity index (χ2n) is 5.79. The van der Waals surface area contributed by atoms with Gasteiger partial charge in [-0.3, -0.25) is 9.59 Å². The molecule has 3 rings (SSSR count). The van der Waals surface area contributed by atoms with Gasteiger partial charge < -0.3 is 21.1 Å². The third kappa shape index (κ3) is 2.34. The summed E-state index contributed by atoms with van der Waals surface area (Å²) in [5.41, 5.74) is 6.11. The molecule has 2 heterocycles. The maximum absolute atomic E-state index is 12.2. The van der Waals surface area contributed by atoms with Gasteiger partial charge in [0.2, 0.25) is 11.8 Å². The average molecular weight is 267 g/mol. The average Bonchev–Trinajstić information content (AvgIpc) is 2.45. The molecule has 2 aliphatic heterocycles. The van der Waals surface area contributed by atoms with Crippen LogP contribution in [0.25, 0.3) is 0 Å². The summed E-state index contributed by atoms with van der Waals surface area (Å²) in [5.74, 6) is 0.283. The van der Waals surface area contributed by atoms with E-state index in [9.17, 15) is 9.59 Å². The molecule has 0 bridgehead atoms. The van der Waals surface area contributed by atoms with Gasteiger partial charge in [-0.25, -0.2) is 0 Å². The lowest BCUT2D eigenvalue weighted by Crippen LogP contribution is -2.72. The molecule has 6 nitrogen and oxygen atoms in total. The summed E-state index contributed by atoms with van der Waals surface area (Å²) in [4.78, 5) is 23.2. The molecule has 2 amide bonds. The van der Waals surface area contributed by atoms with Crippen molar-refractivity contribution in [2.75, 3.05) is 13.2 Å². The predicted octanol–water partition coefficient (Wildman–Crippen LogP) is -0.866. The third-order valence-electron chi connectivity index (χ3n) is 4.62. The number of rotatable bonds is 2. The SMILES string of the molecule is NC1C2CCCOC2C1NC(=O)C1CCC(=O)NC1. The number of hydrogen-bond donors (Lipinski definition) is 3. The van der Waals surface area contributed by atoms with Gasteiger partial charge in [0.05, 0.1) is 18.1 Å². The van der Waals surface area contributed by atoms with Crippen LogP contribution >= 0.6 is 0 Å². The second-order valence-corrected chi connectivity index (χ2v) is 5.79. The lowest BCUT2D eigenvalue weighted by atomic mass is 9.68. The van der Waals surface area contributed by atoms with Crippen molar-refractivity contribution in [3.63, 3.8) is 0 Å². The van der Waals surface area contributed by atoms with Crippen LogP contribution in [0.1, 0.15) is 25.7 Å². The number of carbonyl (C=O) groups is 2. The first-order valence-electron chi connectivity index (χ1n) is 7.11. The van der Waals surface area contributed by atoms with Crippen LogP contribution in [0, 0.1) is 11.8 Å². The molecule has 4 N–H and O–H groups in total. The van der Waals surface area contributed by atoms with Gasteiger partial charge >= 0.3 is 0 Å². The predicted molar refractivity (Wildman–Crippen MR) is 68.1 cm³/mol. The van der Waals surface area contributed by atoms with E-state index < -0.39 is 0 Å². The summed E-state index contributed by atoms with van der Waals surface area (Å²) in [5, 5.41) is 5.74. The maximum atomic E-state index is 12.2. The molecular weight excluding hydrogens is 246 g/mol. The molecule has 2 saturated heterocycles. The minimum Gasteiger partial charge on any atom is -0.376 e. The summed E-state index contributed by atoms with van der Waals surface area (Å²) in [6.07, 6.45) is 3.29. The number of nitrogens with two attached hydrogens (primary N) is 1. The first kappa shape index (κ1) is 12.9. The molecule has 19 heavy (non-hydrogen) atoms. The Hall–Kier alpha value is -1.14. The molecule has 5 atom stereocenters. The van der Waals surface area contributed by atoms with Crippen molar-refractivity contribution in [1.29, 1.82) is 0 Å². The van der Waals surface area contributed by atoms with Gasteiger partial charge in [0.25, 0.3) is 0 Å². The Bertz CT molecular complexity index is 377. The highest BCUT2D eigenvalue weighted by molar-refractivity contribution is 5.84. The Morgan fingerprint density at radius 1 is 1.42 bits per heavy atom. The number of carbonyl (C=O) groups excluding carboxylic acids is 2. The van der Waals surface area contributed by atoms with E-state index in [4.69, 9.17) is 10.5 Å².